The predicted octanol–water partition coefficient (Wildman–Crippen LogP) is 1.60. The second-order valence-electron chi connectivity index (χ2n) is 5.76. The molecule has 0 saturated carbocycles. The molecule has 1 aliphatic heterocycles. The molecule has 106 valence electrons. The summed E-state index contributed by atoms with van der Waals surface area (Å²) in [6, 6.07) is 2.08. The molecule has 0 unspecified atom stereocenters. The van der Waals surface area contributed by atoms with Gasteiger partial charge in [-0.2, -0.15) is 4.98 Å². The van der Waals surface area contributed by atoms with Crippen LogP contribution in [-0.2, 0) is 0 Å². The Labute approximate surface area is 116 Å². The zero-order valence-corrected chi connectivity index (χ0v) is 12.5. The highest BCUT2D eigenvalue weighted by Gasteiger charge is 2.16. The molecule has 0 aromatic carbocycles. The minimum Gasteiger partial charge on any atom is -0.354 e. The smallest absolute Gasteiger partial charge is 0.224 e. The van der Waals surface area contributed by atoms with Crippen molar-refractivity contribution in [2.24, 2.45) is 5.92 Å². The second-order valence-corrected chi connectivity index (χ2v) is 5.76. The van der Waals surface area contributed by atoms with Gasteiger partial charge in [-0.3, -0.25) is 0 Å². The van der Waals surface area contributed by atoms with Crippen LogP contribution < -0.4 is 10.2 Å². The van der Waals surface area contributed by atoms with Crippen LogP contribution in [-0.4, -0.2) is 54.6 Å². The molecule has 1 aromatic rings. The number of rotatable bonds is 4. The molecule has 1 fully saturated rings. The molecule has 19 heavy (non-hydrogen) atoms. The number of aryl methyl sites for hydroxylation is 1. The summed E-state index contributed by atoms with van der Waals surface area (Å²) in [6.07, 6.45) is 0. The van der Waals surface area contributed by atoms with E-state index in [-0.39, 0.29) is 0 Å². The van der Waals surface area contributed by atoms with Crippen LogP contribution in [0.2, 0.25) is 0 Å². The third kappa shape index (κ3) is 4.06. The number of likely N-dealkylation sites (N-methyl/N-ethyl adjacent to an activating group) is 1. The first kappa shape index (κ1) is 14.1. The molecule has 2 heterocycles. The molecule has 1 aromatic heterocycles. The number of anilines is 2. The highest BCUT2D eigenvalue weighted by Crippen LogP contribution is 2.16. The third-order valence-corrected chi connectivity index (χ3v) is 3.34. The fraction of sp³-hybridized carbons (Fsp3) is 0.714. The molecular weight excluding hydrogens is 238 g/mol. The standard InChI is InChI=1S/C14H25N5/c1-11(2)10-15-14-16-12(3)9-13(17-14)19-7-5-18(4)6-8-19/h9,11H,5-8,10H2,1-4H3,(H,15,16,17). The lowest BCUT2D eigenvalue weighted by molar-refractivity contribution is 0.312. The fourth-order valence-electron chi connectivity index (χ4n) is 2.12. The number of nitrogens with zero attached hydrogens (tertiary/aromatic N) is 4. The Kier molecular flexibility index (Phi) is 4.58. The molecule has 2 rings (SSSR count). The minimum atomic E-state index is 0.594. The lowest BCUT2D eigenvalue weighted by Gasteiger charge is -2.33. The Bertz CT molecular complexity index is 410. The predicted molar refractivity (Wildman–Crippen MR) is 79.8 cm³/mol. The van der Waals surface area contributed by atoms with Gasteiger partial charge >= 0.3 is 0 Å². The summed E-state index contributed by atoms with van der Waals surface area (Å²) >= 11 is 0. The number of piperazine rings is 1. The van der Waals surface area contributed by atoms with Crippen molar-refractivity contribution in [3.05, 3.63) is 11.8 Å². The molecule has 1 saturated heterocycles. The summed E-state index contributed by atoms with van der Waals surface area (Å²) in [7, 11) is 2.16. The van der Waals surface area contributed by atoms with E-state index in [1.807, 2.05) is 6.92 Å². The lowest BCUT2D eigenvalue weighted by Crippen LogP contribution is -2.44. The fourth-order valence-corrected chi connectivity index (χ4v) is 2.12. The van der Waals surface area contributed by atoms with Gasteiger partial charge in [0.15, 0.2) is 0 Å². The van der Waals surface area contributed by atoms with Crippen LogP contribution in [0.3, 0.4) is 0 Å². The van der Waals surface area contributed by atoms with Crippen LogP contribution in [0, 0.1) is 12.8 Å². The van der Waals surface area contributed by atoms with Crippen LogP contribution in [0.15, 0.2) is 6.07 Å². The van der Waals surface area contributed by atoms with Crippen molar-refractivity contribution >= 4 is 11.8 Å². The van der Waals surface area contributed by atoms with E-state index >= 15 is 0 Å². The van der Waals surface area contributed by atoms with Crippen molar-refractivity contribution < 1.29 is 0 Å². The van der Waals surface area contributed by atoms with E-state index in [1.165, 1.54) is 0 Å². The second kappa shape index (κ2) is 6.19. The summed E-state index contributed by atoms with van der Waals surface area (Å²) in [5.74, 6) is 2.39. The minimum absolute atomic E-state index is 0.594. The lowest BCUT2D eigenvalue weighted by atomic mass is 10.2. The van der Waals surface area contributed by atoms with Gasteiger partial charge in [-0.25, -0.2) is 4.98 Å². The maximum atomic E-state index is 4.64. The maximum absolute atomic E-state index is 4.64. The van der Waals surface area contributed by atoms with Crippen molar-refractivity contribution in [3.8, 4) is 0 Å². The zero-order chi connectivity index (χ0) is 13.8. The topological polar surface area (TPSA) is 44.3 Å². The van der Waals surface area contributed by atoms with Gasteiger partial charge in [0.25, 0.3) is 0 Å². The SMILES string of the molecule is Cc1cc(N2CCN(C)CC2)nc(NCC(C)C)n1. The van der Waals surface area contributed by atoms with Gasteiger partial charge in [0.1, 0.15) is 5.82 Å². The van der Waals surface area contributed by atoms with Gasteiger partial charge in [-0.05, 0) is 19.9 Å². The van der Waals surface area contributed by atoms with Gasteiger partial charge in [0, 0.05) is 44.5 Å². The Balaban J connectivity index is 2.07. The largest absolute Gasteiger partial charge is 0.354 e. The quantitative estimate of drug-likeness (QED) is 0.894. The van der Waals surface area contributed by atoms with E-state index in [0.29, 0.717) is 5.92 Å². The molecule has 0 amide bonds. The van der Waals surface area contributed by atoms with Gasteiger partial charge < -0.3 is 15.1 Å². The van der Waals surface area contributed by atoms with E-state index in [9.17, 15) is 0 Å². The summed E-state index contributed by atoms with van der Waals surface area (Å²) in [4.78, 5) is 13.8. The van der Waals surface area contributed by atoms with E-state index in [1.54, 1.807) is 0 Å². The molecular formula is C14H25N5. The molecule has 0 radical (unpaired) electrons. The van der Waals surface area contributed by atoms with Crippen molar-refractivity contribution in [1.29, 1.82) is 0 Å². The van der Waals surface area contributed by atoms with Crippen molar-refractivity contribution in [2.75, 3.05) is 50.0 Å². The van der Waals surface area contributed by atoms with E-state index in [0.717, 1.165) is 50.2 Å². The summed E-state index contributed by atoms with van der Waals surface area (Å²) in [5.41, 5.74) is 1.02. The van der Waals surface area contributed by atoms with E-state index in [4.69, 9.17) is 0 Å². The normalized spacial score (nSPS) is 17.0. The van der Waals surface area contributed by atoms with Crippen LogP contribution in [0.25, 0.3) is 0 Å². The van der Waals surface area contributed by atoms with Gasteiger partial charge in [-0.15, -0.1) is 0 Å². The monoisotopic (exact) mass is 263 g/mol. The first-order chi connectivity index (χ1) is 9.04. The summed E-state index contributed by atoms with van der Waals surface area (Å²) in [6.45, 7) is 11.6. The van der Waals surface area contributed by atoms with Crippen molar-refractivity contribution in [2.45, 2.75) is 20.8 Å². The number of hydrogen-bond acceptors (Lipinski definition) is 5. The molecule has 0 bridgehead atoms. The highest BCUT2D eigenvalue weighted by molar-refractivity contribution is 5.45. The van der Waals surface area contributed by atoms with Crippen molar-refractivity contribution in [1.82, 2.24) is 14.9 Å². The number of aromatic nitrogens is 2. The van der Waals surface area contributed by atoms with Crippen LogP contribution in [0.1, 0.15) is 19.5 Å². The first-order valence-electron chi connectivity index (χ1n) is 7.07. The Morgan fingerprint density at radius 1 is 1.21 bits per heavy atom. The molecule has 5 heteroatoms. The number of hydrogen-bond donors (Lipinski definition) is 1. The average Bonchev–Trinajstić information content (AvgIpc) is 2.36. The van der Waals surface area contributed by atoms with Crippen LogP contribution in [0.5, 0.6) is 0 Å². The van der Waals surface area contributed by atoms with E-state index in [2.05, 4.69) is 52.0 Å². The molecule has 0 spiro atoms. The Morgan fingerprint density at radius 3 is 2.53 bits per heavy atom. The molecule has 5 nitrogen and oxygen atoms in total. The first-order valence-corrected chi connectivity index (χ1v) is 7.07. The van der Waals surface area contributed by atoms with Gasteiger partial charge in [0.2, 0.25) is 5.95 Å². The molecule has 0 atom stereocenters. The summed E-state index contributed by atoms with van der Waals surface area (Å²) in [5, 5.41) is 3.31. The highest BCUT2D eigenvalue weighted by atomic mass is 15.3. The summed E-state index contributed by atoms with van der Waals surface area (Å²) < 4.78 is 0. The van der Waals surface area contributed by atoms with Gasteiger partial charge in [-0.1, -0.05) is 13.8 Å². The maximum Gasteiger partial charge on any atom is 0.224 e. The van der Waals surface area contributed by atoms with Gasteiger partial charge in [0.05, 0.1) is 0 Å². The van der Waals surface area contributed by atoms with Crippen LogP contribution >= 0.6 is 0 Å². The molecule has 1 aliphatic rings. The third-order valence-electron chi connectivity index (χ3n) is 3.34. The Morgan fingerprint density at radius 2 is 1.89 bits per heavy atom. The average molecular weight is 263 g/mol. The molecule has 1 N–H and O–H groups in total. The number of nitrogens with one attached hydrogen (secondary N) is 1. The zero-order valence-electron chi connectivity index (χ0n) is 12.5. The molecule has 0 aliphatic carbocycles. The van der Waals surface area contributed by atoms with E-state index < -0.39 is 0 Å². The Hall–Kier alpha value is -1.36. The van der Waals surface area contributed by atoms with Crippen LogP contribution in [0.4, 0.5) is 11.8 Å². The van der Waals surface area contributed by atoms with Crippen molar-refractivity contribution in [3.63, 3.8) is 0 Å².